The number of hydrogen-bond acceptors (Lipinski definition) is 6. The number of rotatable bonds is 11. The van der Waals surface area contributed by atoms with Gasteiger partial charge in [-0.15, -0.1) is 0 Å². The number of aromatic nitrogens is 2. The first kappa shape index (κ1) is 26.2. The summed E-state index contributed by atoms with van der Waals surface area (Å²) in [6, 6.07) is 17.9. The molecule has 3 atom stereocenters. The van der Waals surface area contributed by atoms with Crippen LogP contribution >= 0.6 is 0 Å². The number of aromatic amines is 1. The van der Waals surface area contributed by atoms with Crippen molar-refractivity contribution in [2.45, 2.75) is 64.8 Å². The third kappa shape index (κ3) is 8.68. The van der Waals surface area contributed by atoms with Crippen molar-refractivity contribution >= 4 is 11.9 Å². The molecule has 0 fully saturated rings. The quantitative estimate of drug-likeness (QED) is 0.401. The Balaban J connectivity index is 1.80. The molecule has 0 saturated carbocycles. The smallest absolute Gasteiger partial charge is 0.323 e. The van der Waals surface area contributed by atoms with Crippen molar-refractivity contribution in [3.63, 3.8) is 0 Å². The summed E-state index contributed by atoms with van der Waals surface area (Å²) in [5.41, 5.74) is 2.03. The molecule has 0 aliphatic rings. The lowest BCUT2D eigenvalue weighted by molar-refractivity contribution is -0.160. The predicted molar refractivity (Wildman–Crippen MR) is 134 cm³/mol. The largest absolute Gasteiger partial charge is 0.460 e. The lowest BCUT2D eigenvalue weighted by Crippen LogP contribution is -2.53. The van der Waals surface area contributed by atoms with Gasteiger partial charge in [-0.1, -0.05) is 67.6 Å². The van der Waals surface area contributed by atoms with Crippen LogP contribution in [-0.4, -0.2) is 39.6 Å². The molecule has 0 radical (unpaired) electrons. The summed E-state index contributed by atoms with van der Waals surface area (Å²) < 4.78 is 11.4. The maximum Gasteiger partial charge on any atom is 0.323 e. The fourth-order valence-electron chi connectivity index (χ4n) is 3.80. The fraction of sp³-hybridized carbons (Fsp3) is 0.393. The first-order valence-corrected chi connectivity index (χ1v) is 11.9. The van der Waals surface area contributed by atoms with E-state index in [9.17, 15) is 9.59 Å². The molecule has 2 N–H and O–H groups in total. The molecule has 1 aromatic heterocycles. The van der Waals surface area contributed by atoms with Gasteiger partial charge in [-0.2, -0.15) is 0 Å². The Labute approximate surface area is 207 Å². The first-order chi connectivity index (χ1) is 16.7. The summed E-state index contributed by atoms with van der Waals surface area (Å²) in [6.07, 6.45) is 4.21. The average Bonchev–Trinajstić information content (AvgIpc) is 3.33. The molecule has 1 heterocycles. The summed E-state index contributed by atoms with van der Waals surface area (Å²) in [4.78, 5) is 33.6. The molecule has 3 aromatic rings. The van der Waals surface area contributed by atoms with E-state index in [0.717, 1.165) is 11.1 Å². The number of benzene rings is 2. The van der Waals surface area contributed by atoms with Gasteiger partial charge in [0.05, 0.1) is 12.0 Å². The highest BCUT2D eigenvalue weighted by Gasteiger charge is 2.34. The van der Waals surface area contributed by atoms with Gasteiger partial charge in [-0.25, -0.2) is 4.98 Å². The minimum atomic E-state index is -0.780. The zero-order valence-electron chi connectivity index (χ0n) is 20.9. The monoisotopic (exact) mass is 477 g/mol. The second-order valence-corrected chi connectivity index (χ2v) is 9.76. The van der Waals surface area contributed by atoms with Crippen LogP contribution in [0.5, 0.6) is 0 Å². The van der Waals surface area contributed by atoms with E-state index >= 15 is 0 Å². The van der Waals surface area contributed by atoms with Crippen LogP contribution in [0.25, 0.3) is 0 Å². The van der Waals surface area contributed by atoms with Gasteiger partial charge in [0.25, 0.3) is 0 Å². The topological polar surface area (TPSA) is 93.3 Å². The zero-order valence-corrected chi connectivity index (χ0v) is 20.9. The molecule has 0 bridgehead atoms. The number of carbonyl (C=O) groups excluding carboxylic acids is 2. The van der Waals surface area contributed by atoms with Crippen LogP contribution in [0.15, 0.2) is 73.2 Å². The van der Waals surface area contributed by atoms with Crippen molar-refractivity contribution in [1.29, 1.82) is 0 Å². The van der Waals surface area contributed by atoms with Gasteiger partial charge in [0.15, 0.2) is 0 Å². The van der Waals surface area contributed by atoms with E-state index in [0.29, 0.717) is 12.1 Å². The first-order valence-electron chi connectivity index (χ1n) is 11.9. The van der Waals surface area contributed by atoms with Gasteiger partial charge in [0.1, 0.15) is 24.3 Å². The van der Waals surface area contributed by atoms with Crippen molar-refractivity contribution in [2.75, 3.05) is 0 Å². The summed E-state index contributed by atoms with van der Waals surface area (Å²) in [5.74, 6) is -0.989. The van der Waals surface area contributed by atoms with Crippen LogP contribution in [0.3, 0.4) is 0 Å². The molecule has 35 heavy (non-hydrogen) atoms. The second kappa shape index (κ2) is 12.3. The molecule has 2 unspecified atom stereocenters. The van der Waals surface area contributed by atoms with E-state index in [4.69, 9.17) is 9.47 Å². The highest BCUT2D eigenvalue weighted by atomic mass is 16.6. The molecule has 7 heteroatoms. The fourth-order valence-corrected chi connectivity index (χ4v) is 3.80. The van der Waals surface area contributed by atoms with E-state index in [-0.39, 0.29) is 18.9 Å². The summed E-state index contributed by atoms with van der Waals surface area (Å²) in [6.45, 7) is 7.63. The molecular weight excluding hydrogens is 442 g/mol. The summed E-state index contributed by atoms with van der Waals surface area (Å²) in [7, 11) is 0. The average molecular weight is 478 g/mol. The van der Waals surface area contributed by atoms with Gasteiger partial charge < -0.3 is 14.5 Å². The van der Waals surface area contributed by atoms with E-state index in [1.165, 1.54) is 0 Å². The minimum absolute atomic E-state index is 0.143. The number of ether oxygens (including phenoxy) is 2. The lowest BCUT2D eigenvalue weighted by Gasteiger charge is -2.30. The number of imidazole rings is 1. The molecule has 0 aliphatic heterocycles. The highest BCUT2D eigenvalue weighted by molar-refractivity contribution is 5.80. The van der Waals surface area contributed by atoms with Crippen LogP contribution in [0.4, 0.5) is 0 Å². The number of esters is 2. The van der Waals surface area contributed by atoms with Gasteiger partial charge in [0.2, 0.25) is 0 Å². The van der Waals surface area contributed by atoms with Crippen molar-refractivity contribution in [2.24, 2.45) is 5.92 Å². The SMILES string of the molecule is C[C@H](Cc1ccccc1)C(NC(Cc1c[nH]cn1)C(=O)OCc1ccccc1)C(=O)OC(C)(C)C. The maximum atomic E-state index is 13.3. The maximum absolute atomic E-state index is 13.3. The van der Waals surface area contributed by atoms with Gasteiger partial charge in [-0.05, 0) is 44.2 Å². The van der Waals surface area contributed by atoms with Gasteiger partial charge >= 0.3 is 11.9 Å². The number of carbonyl (C=O) groups is 2. The lowest BCUT2D eigenvalue weighted by atomic mass is 9.92. The van der Waals surface area contributed by atoms with E-state index in [2.05, 4.69) is 15.3 Å². The Morgan fingerprint density at radius 3 is 2.14 bits per heavy atom. The van der Waals surface area contributed by atoms with Crippen molar-refractivity contribution < 1.29 is 19.1 Å². The third-order valence-electron chi connectivity index (χ3n) is 5.49. The normalized spacial score (nSPS) is 14.1. The molecule has 2 aromatic carbocycles. The van der Waals surface area contributed by atoms with E-state index in [1.807, 2.05) is 88.4 Å². The van der Waals surface area contributed by atoms with Crippen molar-refractivity contribution in [1.82, 2.24) is 15.3 Å². The van der Waals surface area contributed by atoms with Crippen LogP contribution in [0.2, 0.25) is 0 Å². The molecule has 7 nitrogen and oxygen atoms in total. The zero-order chi connectivity index (χ0) is 25.3. The number of H-pyrrole nitrogens is 1. The molecule has 0 spiro atoms. The number of nitrogens with zero attached hydrogens (tertiary/aromatic N) is 1. The summed E-state index contributed by atoms with van der Waals surface area (Å²) in [5, 5.41) is 3.27. The number of hydrogen-bond donors (Lipinski definition) is 2. The number of nitrogens with one attached hydrogen (secondary N) is 2. The van der Waals surface area contributed by atoms with Crippen molar-refractivity contribution in [3.8, 4) is 0 Å². The van der Waals surface area contributed by atoms with Crippen LogP contribution in [-0.2, 0) is 38.5 Å². The molecule has 186 valence electrons. The highest BCUT2D eigenvalue weighted by Crippen LogP contribution is 2.18. The Morgan fingerprint density at radius 1 is 0.943 bits per heavy atom. The molecular formula is C28H35N3O4. The Hall–Kier alpha value is -3.45. The van der Waals surface area contributed by atoms with Crippen LogP contribution < -0.4 is 5.32 Å². The Bertz CT molecular complexity index is 1050. The molecule has 0 saturated heterocycles. The molecule has 0 aliphatic carbocycles. The summed E-state index contributed by atoms with van der Waals surface area (Å²) >= 11 is 0. The standard InChI is InChI=1S/C28H35N3O4/c1-20(15-21-11-7-5-8-12-21)25(27(33)35-28(2,3)4)31-24(16-23-17-29-19-30-23)26(32)34-18-22-13-9-6-10-14-22/h5-14,17,19-20,24-25,31H,15-16,18H2,1-4H3,(H,29,30)/t20-,24?,25?/m1/s1. The van der Waals surface area contributed by atoms with Gasteiger partial charge in [0, 0.05) is 12.6 Å². The van der Waals surface area contributed by atoms with Crippen molar-refractivity contribution in [3.05, 3.63) is 90.0 Å². The van der Waals surface area contributed by atoms with E-state index in [1.54, 1.807) is 12.5 Å². The molecule has 0 amide bonds. The Morgan fingerprint density at radius 2 is 1.57 bits per heavy atom. The van der Waals surface area contributed by atoms with E-state index < -0.39 is 29.6 Å². The predicted octanol–water partition coefficient (Wildman–Crippen LogP) is 4.24. The minimum Gasteiger partial charge on any atom is -0.460 e. The third-order valence-corrected chi connectivity index (χ3v) is 5.49. The second-order valence-electron chi connectivity index (χ2n) is 9.76. The Kier molecular flexibility index (Phi) is 9.20. The van der Waals surface area contributed by atoms with Crippen LogP contribution in [0.1, 0.15) is 44.5 Å². The molecule has 3 rings (SSSR count). The van der Waals surface area contributed by atoms with Crippen LogP contribution in [0, 0.1) is 5.92 Å². The van der Waals surface area contributed by atoms with Gasteiger partial charge in [-0.3, -0.25) is 14.9 Å².